The van der Waals surface area contributed by atoms with Crippen molar-refractivity contribution in [2.24, 2.45) is 0 Å². The number of thioether (sulfide) groups is 1. The number of ether oxygens (including phenoxy) is 1. The van der Waals surface area contributed by atoms with Crippen molar-refractivity contribution in [3.63, 3.8) is 0 Å². The largest absolute Gasteiger partial charge is 0.481 e. The molecule has 2 aliphatic heterocycles. The number of nitrogens with zero attached hydrogens (tertiary/aromatic N) is 1. The highest BCUT2D eigenvalue weighted by Gasteiger charge is 2.54. The lowest BCUT2D eigenvalue weighted by Crippen LogP contribution is -2.70. The van der Waals surface area contributed by atoms with Gasteiger partial charge in [-0.15, -0.1) is 11.8 Å². The zero-order valence-electron chi connectivity index (χ0n) is 13.9. The maximum absolute atomic E-state index is 12.3. The molecule has 0 aromatic rings. The van der Waals surface area contributed by atoms with Crippen LogP contribution in [0.2, 0.25) is 0 Å². The van der Waals surface area contributed by atoms with Gasteiger partial charge in [0, 0.05) is 31.1 Å². The Labute approximate surface area is 152 Å². The third-order valence-corrected chi connectivity index (χ3v) is 5.15. The van der Waals surface area contributed by atoms with Crippen LogP contribution < -0.4 is 5.32 Å². The number of aliphatic carboxylic acids is 2. The van der Waals surface area contributed by atoms with Crippen LogP contribution in [0.5, 0.6) is 0 Å². The van der Waals surface area contributed by atoms with E-state index in [4.69, 9.17) is 9.84 Å². The van der Waals surface area contributed by atoms with Crippen molar-refractivity contribution in [3.8, 4) is 0 Å². The Hall–Kier alpha value is -2.56. The molecule has 2 rings (SSSR count). The average molecular weight is 386 g/mol. The van der Waals surface area contributed by atoms with Crippen molar-refractivity contribution in [1.82, 2.24) is 10.2 Å². The molecule has 26 heavy (non-hydrogen) atoms. The first-order valence-corrected chi connectivity index (χ1v) is 8.81. The van der Waals surface area contributed by atoms with Crippen molar-refractivity contribution in [3.05, 3.63) is 11.3 Å². The van der Waals surface area contributed by atoms with Crippen LogP contribution in [0.3, 0.4) is 0 Å². The molecule has 0 bridgehead atoms. The monoisotopic (exact) mass is 386 g/mol. The Balaban J connectivity index is 2.02. The molecule has 0 aromatic heterocycles. The first kappa shape index (κ1) is 19.8. The highest BCUT2D eigenvalue weighted by Crippen LogP contribution is 2.40. The molecule has 2 amide bonds. The highest BCUT2D eigenvalue weighted by atomic mass is 32.2. The van der Waals surface area contributed by atoms with Crippen molar-refractivity contribution in [1.29, 1.82) is 0 Å². The van der Waals surface area contributed by atoms with E-state index in [-0.39, 0.29) is 37.3 Å². The summed E-state index contributed by atoms with van der Waals surface area (Å²) in [5.74, 6) is -3.66. The number of carboxylic acid groups (broad SMARTS) is 2. The van der Waals surface area contributed by atoms with Crippen LogP contribution in [0.25, 0.3) is 0 Å². The molecule has 0 aliphatic carbocycles. The van der Waals surface area contributed by atoms with E-state index in [9.17, 15) is 29.1 Å². The minimum atomic E-state index is -1.31. The number of carbonyl (C=O) groups is 5. The molecular weight excluding hydrogens is 368 g/mol. The standard InChI is InChI=1S/C15H18N2O8S/c1-7(18)25-5-8-6-26-14-11(13(22)17(14)12(8)15(23)24)16-9(19)3-2-4-10(20)21/h11,14H,2-6H2,1H3,(H,16,19)(H,20,21)(H,23,24)/t11-,14-/m0/s1. The molecule has 3 N–H and O–H groups in total. The first-order chi connectivity index (χ1) is 12.2. The van der Waals surface area contributed by atoms with E-state index in [2.05, 4.69) is 5.32 Å². The van der Waals surface area contributed by atoms with Crippen molar-refractivity contribution in [2.45, 2.75) is 37.6 Å². The van der Waals surface area contributed by atoms with Gasteiger partial charge in [-0.25, -0.2) is 4.79 Å². The van der Waals surface area contributed by atoms with E-state index in [0.29, 0.717) is 5.57 Å². The zero-order chi connectivity index (χ0) is 19.4. The molecule has 10 nitrogen and oxygen atoms in total. The van der Waals surface area contributed by atoms with E-state index in [1.807, 2.05) is 0 Å². The number of fused-ring (bicyclic) bond motifs is 1. The van der Waals surface area contributed by atoms with Gasteiger partial charge < -0.3 is 20.3 Å². The van der Waals surface area contributed by atoms with Crippen LogP contribution in [0, 0.1) is 0 Å². The molecule has 0 aromatic carbocycles. The van der Waals surface area contributed by atoms with Gasteiger partial charge in [0.25, 0.3) is 5.91 Å². The molecule has 1 saturated heterocycles. The second kappa shape index (κ2) is 8.21. The smallest absolute Gasteiger partial charge is 0.352 e. The number of hydrogen-bond donors (Lipinski definition) is 3. The van der Waals surface area contributed by atoms with Crippen molar-refractivity contribution >= 4 is 41.5 Å². The molecular formula is C15H18N2O8S. The van der Waals surface area contributed by atoms with Gasteiger partial charge in [0.1, 0.15) is 23.7 Å². The second-order valence-corrected chi connectivity index (χ2v) is 6.84. The predicted molar refractivity (Wildman–Crippen MR) is 87.8 cm³/mol. The summed E-state index contributed by atoms with van der Waals surface area (Å²) in [4.78, 5) is 58.1. The summed E-state index contributed by atoms with van der Waals surface area (Å²) in [6.45, 7) is 0.983. The fourth-order valence-electron chi connectivity index (χ4n) is 2.63. The van der Waals surface area contributed by atoms with Crippen molar-refractivity contribution < 1.29 is 38.9 Å². The normalized spacial score (nSPS) is 21.6. The molecule has 0 spiro atoms. The summed E-state index contributed by atoms with van der Waals surface area (Å²) in [5.41, 5.74) is 0.0879. The van der Waals surface area contributed by atoms with Gasteiger partial charge in [0.15, 0.2) is 0 Å². The van der Waals surface area contributed by atoms with Crippen molar-refractivity contribution in [2.75, 3.05) is 12.4 Å². The average Bonchev–Trinajstić information content (AvgIpc) is 2.56. The number of carbonyl (C=O) groups excluding carboxylic acids is 3. The Morgan fingerprint density at radius 1 is 1.27 bits per heavy atom. The lowest BCUT2D eigenvalue weighted by atomic mass is 10.0. The number of carboxylic acids is 2. The number of hydrogen-bond acceptors (Lipinski definition) is 7. The summed E-state index contributed by atoms with van der Waals surface area (Å²) in [6, 6.07) is -0.859. The summed E-state index contributed by atoms with van der Waals surface area (Å²) in [6.07, 6.45) is -0.0368. The van der Waals surface area contributed by atoms with E-state index in [1.54, 1.807) is 0 Å². The maximum atomic E-state index is 12.3. The summed E-state index contributed by atoms with van der Waals surface area (Å²) < 4.78 is 4.83. The lowest BCUT2D eigenvalue weighted by molar-refractivity contribution is -0.151. The zero-order valence-corrected chi connectivity index (χ0v) is 14.7. The highest BCUT2D eigenvalue weighted by molar-refractivity contribution is 8.00. The minimum Gasteiger partial charge on any atom is -0.481 e. The number of amides is 2. The van der Waals surface area contributed by atoms with Crippen LogP contribution in [-0.2, 0) is 28.7 Å². The van der Waals surface area contributed by atoms with E-state index < -0.39 is 41.1 Å². The molecule has 2 aliphatic rings. The van der Waals surface area contributed by atoms with Gasteiger partial charge in [-0.2, -0.15) is 0 Å². The fraction of sp³-hybridized carbons (Fsp3) is 0.533. The van der Waals surface area contributed by atoms with Crippen LogP contribution in [0.15, 0.2) is 11.3 Å². The lowest BCUT2D eigenvalue weighted by Gasteiger charge is -2.49. The Morgan fingerprint density at radius 3 is 2.54 bits per heavy atom. The topological polar surface area (TPSA) is 150 Å². The van der Waals surface area contributed by atoms with E-state index in [0.717, 1.165) is 4.90 Å². The third-order valence-electron chi connectivity index (χ3n) is 3.81. The molecule has 0 unspecified atom stereocenters. The number of nitrogens with one attached hydrogen (secondary N) is 1. The van der Waals surface area contributed by atoms with Crippen LogP contribution in [-0.4, -0.2) is 68.6 Å². The summed E-state index contributed by atoms with van der Waals surface area (Å²) in [7, 11) is 0. The SMILES string of the molecule is CC(=O)OCC1=C(C(=O)O)N2C(=O)[C@H](NC(=O)CCCC(=O)O)[C@@H]2SC1. The second-order valence-electron chi connectivity index (χ2n) is 5.74. The van der Waals surface area contributed by atoms with Gasteiger partial charge in [0.05, 0.1) is 0 Å². The molecule has 2 heterocycles. The molecule has 2 atom stereocenters. The van der Waals surface area contributed by atoms with E-state index >= 15 is 0 Å². The van der Waals surface area contributed by atoms with Gasteiger partial charge >= 0.3 is 17.9 Å². The van der Waals surface area contributed by atoms with Gasteiger partial charge in [-0.1, -0.05) is 0 Å². The molecule has 11 heteroatoms. The Bertz CT molecular complexity index is 689. The van der Waals surface area contributed by atoms with Crippen LogP contribution in [0.1, 0.15) is 26.2 Å². The quantitative estimate of drug-likeness (QED) is 0.372. The Morgan fingerprint density at radius 2 is 1.96 bits per heavy atom. The van der Waals surface area contributed by atoms with Crippen LogP contribution in [0.4, 0.5) is 0 Å². The van der Waals surface area contributed by atoms with Gasteiger partial charge in [-0.3, -0.25) is 24.1 Å². The van der Waals surface area contributed by atoms with Gasteiger partial charge in [0.2, 0.25) is 5.91 Å². The number of β-lactam (4-membered cyclic amide) rings is 1. The first-order valence-electron chi connectivity index (χ1n) is 7.77. The predicted octanol–water partition coefficient (Wildman–Crippen LogP) is -0.457. The fourth-order valence-corrected chi connectivity index (χ4v) is 3.96. The minimum absolute atomic E-state index is 0.0349. The van der Waals surface area contributed by atoms with E-state index in [1.165, 1.54) is 18.7 Å². The summed E-state index contributed by atoms with van der Waals surface area (Å²) >= 11 is 1.26. The molecule has 0 radical (unpaired) electrons. The maximum Gasteiger partial charge on any atom is 0.352 e. The molecule has 1 fully saturated rings. The third kappa shape index (κ3) is 4.34. The summed E-state index contributed by atoms with van der Waals surface area (Å²) in [5, 5.41) is 19.9. The Kier molecular flexibility index (Phi) is 6.24. The number of rotatable bonds is 8. The molecule has 0 saturated carbocycles. The van der Waals surface area contributed by atoms with Crippen LogP contribution >= 0.6 is 11.8 Å². The van der Waals surface area contributed by atoms with Gasteiger partial charge in [-0.05, 0) is 6.42 Å². The number of esters is 1. The molecule has 142 valence electrons.